The molecule has 23 heavy (non-hydrogen) atoms. The van der Waals surface area contributed by atoms with Gasteiger partial charge in [0, 0.05) is 22.8 Å². The van der Waals surface area contributed by atoms with E-state index in [1.54, 1.807) is 12.1 Å². The van der Waals surface area contributed by atoms with Gasteiger partial charge in [0.15, 0.2) is 5.11 Å². The zero-order chi connectivity index (χ0) is 17.0. The van der Waals surface area contributed by atoms with Crippen LogP contribution >= 0.6 is 23.8 Å². The van der Waals surface area contributed by atoms with Crippen LogP contribution in [0.4, 0.5) is 10.1 Å². The topological polar surface area (TPSA) is 24.1 Å². The standard InChI is InChI=1S/C18H20ClFN2S/c1-18(2,3)13-5-8-15(9-6-13)22-17(23)21-11-12-4-7-14(19)10-16(12)20/h4-10H,11H2,1-3H3,(H2,21,22,23). The van der Waals surface area contributed by atoms with E-state index in [2.05, 4.69) is 43.5 Å². The summed E-state index contributed by atoms with van der Waals surface area (Å²) >= 11 is 11.0. The molecule has 0 bridgehead atoms. The maximum Gasteiger partial charge on any atom is 0.171 e. The van der Waals surface area contributed by atoms with E-state index in [0.29, 0.717) is 22.2 Å². The Kier molecular flexibility index (Phi) is 5.60. The van der Waals surface area contributed by atoms with Crippen molar-refractivity contribution in [1.29, 1.82) is 0 Å². The van der Waals surface area contributed by atoms with Gasteiger partial charge in [0.25, 0.3) is 0 Å². The van der Waals surface area contributed by atoms with E-state index in [1.807, 2.05) is 12.1 Å². The second kappa shape index (κ2) is 7.28. The van der Waals surface area contributed by atoms with E-state index in [1.165, 1.54) is 11.6 Å². The van der Waals surface area contributed by atoms with Gasteiger partial charge in [-0.1, -0.05) is 50.6 Å². The molecule has 0 heterocycles. The van der Waals surface area contributed by atoms with E-state index in [-0.39, 0.29) is 11.2 Å². The zero-order valence-corrected chi connectivity index (χ0v) is 15.0. The summed E-state index contributed by atoms with van der Waals surface area (Å²) in [6, 6.07) is 12.7. The number of benzene rings is 2. The van der Waals surface area contributed by atoms with E-state index in [0.717, 1.165) is 5.69 Å². The minimum Gasteiger partial charge on any atom is -0.358 e. The summed E-state index contributed by atoms with van der Waals surface area (Å²) in [6.07, 6.45) is 0. The van der Waals surface area contributed by atoms with Gasteiger partial charge in [-0.25, -0.2) is 4.39 Å². The second-order valence-corrected chi connectivity index (χ2v) is 7.22. The highest BCUT2D eigenvalue weighted by molar-refractivity contribution is 7.80. The van der Waals surface area contributed by atoms with E-state index in [4.69, 9.17) is 23.8 Å². The van der Waals surface area contributed by atoms with Gasteiger partial charge in [0.2, 0.25) is 0 Å². The lowest BCUT2D eigenvalue weighted by Gasteiger charge is -2.19. The maximum absolute atomic E-state index is 13.7. The number of hydrogen-bond donors (Lipinski definition) is 2. The Morgan fingerprint density at radius 2 is 1.78 bits per heavy atom. The first-order valence-corrected chi connectivity index (χ1v) is 8.13. The first kappa shape index (κ1) is 17.7. The van der Waals surface area contributed by atoms with Crippen LogP contribution in [0.1, 0.15) is 31.9 Å². The third-order valence-electron chi connectivity index (χ3n) is 3.46. The highest BCUT2D eigenvalue weighted by Gasteiger charge is 2.12. The lowest BCUT2D eigenvalue weighted by molar-refractivity contribution is 0.590. The minimum absolute atomic E-state index is 0.114. The van der Waals surface area contributed by atoms with Crippen molar-refractivity contribution in [1.82, 2.24) is 5.32 Å². The van der Waals surface area contributed by atoms with Crippen molar-refractivity contribution >= 4 is 34.6 Å². The van der Waals surface area contributed by atoms with Crippen molar-refractivity contribution in [3.05, 3.63) is 64.4 Å². The Morgan fingerprint density at radius 3 is 2.35 bits per heavy atom. The summed E-state index contributed by atoms with van der Waals surface area (Å²) in [5, 5.41) is 6.91. The Balaban J connectivity index is 1.92. The first-order valence-electron chi connectivity index (χ1n) is 7.35. The van der Waals surface area contributed by atoms with Gasteiger partial charge in [-0.05, 0) is 47.5 Å². The van der Waals surface area contributed by atoms with Crippen LogP contribution in [0.3, 0.4) is 0 Å². The molecule has 0 aliphatic carbocycles. The van der Waals surface area contributed by atoms with Crippen LogP contribution in [0.5, 0.6) is 0 Å². The summed E-state index contributed by atoms with van der Waals surface area (Å²) in [5.41, 5.74) is 2.78. The van der Waals surface area contributed by atoms with Gasteiger partial charge < -0.3 is 10.6 Å². The fraction of sp³-hybridized carbons (Fsp3) is 0.278. The van der Waals surface area contributed by atoms with E-state index < -0.39 is 0 Å². The zero-order valence-electron chi connectivity index (χ0n) is 13.4. The molecular formula is C18H20ClFN2S. The van der Waals surface area contributed by atoms with Gasteiger partial charge in [-0.3, -0.25) is 0 Å². The molecule has 2 aromatic carbocycles. The highest BCUT2D eigenvalue weighted by atomic mass is 35.5. The molecule has 5 heteroatoms. The van der Waals surface area contributed by atoms with Crippen LogP contribution in [0.15, 0.2) is 42.5 Å². The Bertz CT molecular complexity index is 693. The maximum atomic E-state index is 13.7. The Labute approximate surface area is 147 Å². The van der Waals surface area contributed by atoms with Crippen LogP contribution in [-0.4, -0.2) is 5.11 Å². The first-order chi connectivity index (χ1) is 10.8. The average molecular weight is 351 g/mol. The molecule has 2 rings (SSSR count). The number of rotatable bonds is 3. The van der Waals surface area contributed by atoms with Crippen LogP contribution in [0.2, 0.25) is 5.02 Å². The molecule has 0 aliphatic rings. The molecule has 0 aromatic heterocycles. The molecule has 0 spiro atoms. The molecule has 122 valence electrons. The molecule has 0 unspecified atom stereocenters. The monoisotopic (exact) mass is 350 g/mol. The molecule has 0 amide bonds. The quantitative estimate of drug-likeness (QED) is 0.738. The van der Waals surface area contributed by atoms with E-state index in [9.17, 15) is 4.39 Å². The molecule has 0 fully saturated rings. The third kappa shape index (κ3) is 5.19. The Hall–Kier alpha value is -1.65. The van der Waals surface area contributed by atoms with Crippen molar-refractivity contribution < 1.29 is 4.39 Å². The number of halogens is 2. The molecule has 2 aromatic rings. The van der Waals surface area contributed by atoms with Gasteiger partial charge in [0.1, 0.15) is 5.82 Å². The van der Waals surface area contributed by atoms with Crippen molar-refractivity contribution in [2.24, 2.45) is 0 Å². The second-order valence-electron chi connectivity index (χ2n) is 6.37. The molecular weight excluding hydrogens is 331 g/mol. The number of hydrogen-bond acceptors (Lipinski definition) is 1. The SMILES string of the molecule is CC(C)(C)c1ccc(NC(=S)NCc2ccc(Cl)cc2F)cc1. The molecule has 2 N–H and O–H groups in total. The van der Waals surface area contributed by atoms with E-state index >= 15 is 0 Å². The van der Waals surface area contributed by atoms with Crippen molar-refractivity contribution in [2.75, 3.05) is 5.32 Å². The summed E-state index contributed by atoms with van der Waals surface area (Å²) in [7, 11) is 0. The fourth-order valence-corrected chi connectivity index (χ4v) is 2.42. The average Bonchev–Trinajstić information content (AvgIpc) is 2.46. The van der Waals surface area contributed by atoms with Crippen molar-refractivity contribution in [3.63, 3.8) is 0 Å². The molecule has 0 saturated heterocycles. The number of thiocarbonyl (C=S) groups is 1. The van der Waals surface area contributed by atoms with Crippen LogP contribution in [0.25, 0.3) is 0 Å². The highest BCUT2D eigenvalue weighted by Crippen LogP contribution is 2.23. The van der Waals surface area contributed by atoms with Gasteiger partial charge >= 0.3 is 0 Å². The summed E-state index contributed by atoms with van der Waals surface area (Å²) in [5.74, 6) is -0.345. The molecule has 0 radical (unpaired) electrons. The minimum atomic E-state index is -0.345. The predicted octanol–water partition coefficient (Wildman–Crippen LogP) is 5.26. The number of anilines is 1. The summed E-state index contributed by atoms with van der Waals surface area (Å²) in [4.78, 5) is 0. The van der Waals surface area contributed by atoms with Crippen LogP contribution < -0.4 is 10.6 Å². The fourth-order valence-electron chi connectivity index (χ4n) is 2.07. The van der Waals surface area contributed by atoms with Crippen molar-refractivity contribution in [3.8, 4) is 0 Å². The molecule has 0 atom stereocenters. The smallest absolute Gasteiger partial charge is 0.171 e. The molecule has 0 aliphatic heterocycles. The van der Waals surface area contributed by atoms with Crippen LogP contribution in [0, 0.1) is 5.82 Å². The Morgan fingerprint density at radius 1 is 1.13 bits per heavy atom. The normalized spacial score (nSPS) is 11.2. The summed E-state index contributed by atoms with van der Waals surface area (Å²) in [6.45, 7) is 6.81. The number of nitrogens with one attached hydrogen (secondary N) is 2. The van der Waals surface area contributed by atoms with Crippen LogP contribution in [-0.2, 0) is 12.0 Å². The molecule has 2 nitrogen and oxygen atoms in total. The van der Waals surface area contributed by atoms with Crippen molar-refractivity contribution in [2.45, 2.75) is 32.7 Å². The summed E-state index contributed by atoms with van der Waals surface area (Å²) < 4.78 is 13.7. The molecule has 0 saturated carbocycles. The lowest BCUT2D eigenvalue weighted by Crippen LogP contribution is -2.28. The third-order valence-corrected chi connectivity index (χ3v) is 3.94. The van der Waals surface area contributed by atoms with Gasteiger partial charge in [0.05, 0.1) is 0 Å². The van der Waals surface area contributed by atoms with Gasteiger partial charge in [-0.15, -0.1) is 0 Å². The lowest BCUT2D eigenvalue weighted by atomic mass is 9.87. The largest absolute Gasteiger partial charge is 0.358 e. The van der Waals surface area contributed by atoms with Gasteiger partial charge in [-0.2, -0.15) is 0 Å². The predicted molar refractivity (Wildman–Crippen MR) is 99.6 cm³/mol.